The third-order valence-electron chi connectivity index (χ3n) is 0.721. The summed E-state index contributed by atoms with van der Waals surface area (Å²) in [5.74, 6) is 0. The molecule has 4 heteroatoms. The molecule has 0 aromatic rings. The highest BCUT2D eigenvalue weighted by Crippen LogP contribution is 2.01. The van der Waals surface area contributed by atoms with Crippen LogP contribution in [0.5, 0.6) is 0 Å². The molecule has 0 bridgehead atoms. The quantitative estimate of drug-likeness (QED) is 0.614. The van der Waals surface area contributed by atoms with E-state index in [1.54, 1.807) is 34.6 Å². The molecule has 0 rings (SSSR count). The lowest BCUT2D eigenvalue weighted by Gasteiger charge is -2.26. The van der Waals surface area contributed by atoms with Crippen molar-refractivity contribution in [3.05, 3.63) is 5.21 Å². The number of rotatable bonds is 3. The van der Waals surface area contributed by atoms with Crippen LogP contribution in [0.15, 0.2) is 0 Å². The van der Waals surface area contributed by atoms with Gasteiger partial charge in [0.05, 0.1) is 0 Å². The van der Waals surface area contributed by atoms with Gasteiger partial charge in [-0.3, -0.25) is 0 Å². The predicted octanol–water partition coefficient (Wildman–Crippen LogP) is 0.439. The molecule has 0 radical (unpaired) electrons. The lowest BCUT2D eigenvalue weighted by molar-refractivity contribution is -1.22. The van der Waals surface area contributed by atoms with E-state index in [9.17, 15) is 5.21 Å². The Hall–Kier alpha value is -0.160. The van der Waals surface area contributed by atoms with Gasteiger partial charge in [0.25, 0.3) is 0 Å². The summed E-state index contributed by atoms with van der Waals surface area (Å²) in [6.45, 7) is 8.96. The molecule has 1 N–H and O–H groups in total. The average Bonchev–Trinajstić information content (AvgIpc) is 1.53. The van der Waals surface area contributed by atoms with Gasteiger partial charge in [-0.2, -0.15) is 9.68 Å². The van der Waals surface area contributed by atoms with Crippen LogP contribution in [0.25, 0.3) is 0 Å². The second kappa shape index (κ2) is 4.01. The lowest BCUT2D eigenvalue weighted by atomic mass is 10.2. The van der Waals surface area contributed by atoms with Crippen molar-refractivity contribution in [3.8, 4) is 0 Å². The summed E-state index contributed by atoms with van der Waals surface area (Å²) < 4.78 is 0. The van der Waals surface area contributed by atoms with Crippen molar-refractivity contribution in [1.29, 1.82) is 0 Å². The Morgan fingerprint density at radius 2 is 1.73 bits per heavy atom. The van der Waals surface area contributed by atoms with Crippen molar-refractivity contribution < 1.29 is 15.1 Å². The molecule has 0 saturated carbocycles. The zero-order valence-electron chi connectivity index (χ0n) is 7.80. The second-order valence-corrected chi connectivity index (χ2v) is 3.63. The fraction of sp³-hybridized carbons (Fsp3) is 1.00. The van der Waals surface area contributed by atoms with Crippen LogP contribution in [0.1, 0.15) is 34.6 Å². The van der Waals surface area contributed by atoms with Crippen LogP contribution in [0.4, 0.5) is 0 Å². The van der Waals surface area contributed by atoms with Crippen molar-refractivity contribution in [2.24, 2.45) is 0 Å². The number of hydrogen-bond acceptors (Lipinski definition) is 3. The highest BCUT2D eigenvalue weighted by molar-refractivity contribution is 4.53. The molecule has 0 saturated heterocycles. The van der Waals surface area contributed by atoms with E-state index in [1.807, 2.05) is 0 Å². The number of nitrogens with one attached hydrogen (secondary N) is 1. The van der Waals surface area contributed by atoms with E-state index in [0.717, 1.165) is 0 Å². The molecule has 1 unspecified atom stereocenters. The third kappa shape index (κ3) is 7.74. The molecule has 0 aromatic heterocycles. The zero-order chi connectivity index (χ0) is 9.07. The van der Waals surface area contributed by atoms with Gasteiger partial charge in [-0.15, -0.1) is 0 Å². The van der Waals surface area contributed by atoms with E-state index in [-0.39, 0.29) is 6.10 Å². The molecule has 0 spiro atoms. The first-order valence-corrected chi connectivity index (χ1v) is 3.71. The summed E-state index contributed by atoms with van der Waals surface area (Å²) in [5.41, 5.74) is -0.466. The zero-order valence-corrected chi connectivity index (χ0v) is 7.80. The topological polar surface area (TPSA) is 46.0 Å². The normalized spacial score (nSPS) is 15.5. The predicted molar refractivity (Wildman–Crippen MR) is 41.4 cm³/mol. The molecule has 0 fully saturated rings. The lowest BCUT2D eigenvalue weighted by Crippen LogP contribution is -3.07. The molecular weight excluding hydrogens is 146 g/mol. The summed E-state index contributed by atoms with van der Waals surface area (Å²) in [6.07, 6.45) is -0.121. The highest BCUT2D eigenvalue weighted by atomic mass is 17.1. The van der Waals surface area contributed by atoms with Gasteiger partial charge in [0.1, 0.15) is 11.7 Å². The maximum atomic E-state index is 10.8. The van der Waals surface area contributed by atoms with E-state index in [1.165, 1.54) is 0 Å². The van der Waals surface area contributed by atoms with Gasteiger partial charge >= 0.3 is 0 Å². The highest BCUT2D eigenvalue weighted by Gasteiger charge is 2.17. The molecule has 0 heterocycles. The van der Waals surface area contributed by atoms with Crippen LogP contribution in [0, 0.1) is 5.21 Å². The molecular formula is C7H17NO3. The molecule has 68 valence electrons. The van der Waals surface area contributed by atoms with Crippen LogP contribution < -0.4 is 5.39 Å². The minimum atomic E-state index is -0.604. The molecule has 0 aliphatic rings. The SMILES string of the molecule is CC(C)O[NH+]([O-])OC(C)(C)C. The van der Waals surface area contributed by atoms with E-state index in [4.69, 9.17) is 9.68 Å². The Kier molecular flexibility index (Phi) is 3.96. The molecule has 1 atom stereocenters. The third-order valence-corrected chi connectivity index (χ3v) is 0.721. The Morgan fingerprint density at radius 3 is 2.00 bits per heavy atom. The van der Waals surface area contributed by atoms with Gasteiger partial charge in [0.2, 0.25) is 0 Å². The van der Waals surface area contributed by atoms with Crippen LogP contribution in [0.2, 0.25) is 0 Å². The van der Waals surface area contributed by atoms with Crippen LogP contribution in [0.3, 0.4) is 0 Å². The van der Waals surface area contributed by atoms with Gasteiger partial charge < -0.3 is 5.21 Å². The smallest absolute Gasteiger partial charge is 0.123 e. The van der Waals surface area contributed by atoms with Gasteiger partial charge in [-0.1, -0.05) is 5.39 Å². The van der Waals surface area contributed by atoms with Crippen molar-refractivity contribution >= 4 is 0 Å². The number of quaternary nitrogens is 1. The first-order chi connectivity index (χ1) is 4.81. The fourth-order valence-electron chi connectivity index (χ4n) is 0.467. The van der Waals surface area contributed by atoms with Crippen molar-refractivity contribution in [2.45, 2.75) is 46.3 Å². The molecule has 0 aliphatic carbocycles. The molecule has 4 nitrogen and oxygen atoms in total. The molecule has 0 aliphatic heterocycles. The van der Waals surface area contributed by atoms with Gasteiger partial charge in [0, 0.05) is 0 Å². The standard InChI is InChI=1S/C7H17NO3/c1-6(2)10-8(9)11-7(3,4)5/h6,8H,1-5H3. The summed E-state index contributed by atoms with van der Waals surface area (Å²) in [7, 11) is 0. The Balaban J connectivity index is 3.61. The summed E-state index contributed by atoms with van der Waals surface area (Å²) >= 11 is 0. The Labute approximate surface area is 67.6 Å². The van der Waals surface area contributed by atoms with E-state index in [0.29, 0.717) is 0 Å². The Bertz CT molecular complexity index is 109. The van der Waals surface area contributed by atoms with E-state index < -0.39 is 11.0 Å². The van der Waals surface area contributed by atoms with E-state index >= 15 is 0 Å². The Morgan fingerprint density at radius 1 is 1.27 bits per heavy atom. The number of hydrogen-bond donors (Lipinski definition) is 1. The minimum absolute atomic E-state index is 0.121. The first kappa shape index (κ1) is 10.8. The van der Waals surface area contributed by atoms with Gasteiger partial charge in [0.15, 0.2) is 0 Å². The largest absolute Gasteiger partial charge is 0.566 e. The van der Waals surface area contributed by atoms with Crippen molar-refractivity contribution in [3.63, 3.8) is 0 Å². The monoisotopic (exact) mass is 163 g/mol. The first-order valence-electron chi connectivity index (χ1n) is 3.71. The van der Waals surface area contributed by atoms with Gasteiger partial charge in [-0.25, -0.2) is 0 Å². The molecule has 11 heavy (non-hydrogen) atoms. The van der Waals surface area contributed by atoms with Crippen LogP contribution in [-0.2, 0) is 9.68 Å². The van der Waals surface area contributed by atoms with Crippen molar-refractivity contribution in [2.75, 3.05) is 0 Å². The van der Waals surface area contributed by atoms with Crippen molar-refractivity contribution in [1.82, 2.24) is 0 Å². The van der Waals surface area contributed by atoms with Crippen LogP contribution in [-0.4, -0.2) is 11.7 Å². The van der Waals surface area contributed by atoms with E-state index in [2.05, 4.69) is 0 Å². The van der Waals surface area contributed by atoms with Crippen LogP contribution >= 0.6 is 0 Å². The van der Waals surface area contributed by atoms with Gasteiger partial charge in [-0.05, 0) is 34.6 Å². The fourth-order valence-corrected chi connectivity index (χ4v) is 0.467. The molecule has 0 amide bonds. The maximum Gasteiger partial charge on any atom is 0.123 e. The summed E-state index contributed by atoms with van der Waals surface area (Å²) in [5, 5.41) is 10.2. The maximum absolute atomic E-state index is 10.8. The molecule has 0 aromatic carbocycles. The second-order valence-electron chi connectivity index (χ2n) is 3.63. The minimum Gasteiger partial charge on any atom is -0.566 e. The summed E-state index contributed by atoms with van der Waals surface area (Å²) in [4.78, 5) is 9.65. The average molecular weight is 163 g/mol. The summed E-state index contributed by atoms with van der Waals surface area (Å²) in [6, 6.07) is 0.